The second kappa shape index (κ2) is 4.90. The predicted octanol–water partition coefficient (Wildman–Crippen LogP) is 1.10. The van der Waals surface area contributed by atoms with Crippen molar-refractivity contribution in [2.45, 2.75) is 25.1 Å². The number of hydrogen-bond acceptors (Lipinski definition) is 5. The Morgan fingerprint density at radius 2 is 2.21 bits per heavy atom. The molecule has 1 saturated carbocycles. The SMILES string of the molecule is N/C(=N/O)c1ccnnc1N(CC(F)(F)F)C1CC1. The molecule has 0 spiro atoms. The first-order chi connectivity index (χ1) is 8.92. The molecule has 1 fully saturated rings. The molecule has 1 aliphatic rings. The van der Waals surface area contributed by atoms with E-state index in [1.54, 1.807) is 0 Å². The molecular formula is C10H12F3N5O. The minimum Gasteiger partial charge on any atom is -0.409 e. The summed E-state index contributed by atoms with van der Waals surface area (Å²) < 4.78 is 37.8. The van der Waals surface area contributed by atoms with Crippen LogP contribution in [0.25, 0.3) is 0 Å². The van der Waals surface area contributed by atoms with E-state index in [9.17, 15) is 13.2 Å². The number of rotatable bonds is 4. The summed E-state index contributed by atoms with van der Waals surface area (Å²) in [5.74, 6) is -0.310. The maximum atomic E-state index is 12.6. The van der Waals surface area contributed by atoms with Gasteiger partial charge in [-0.2, -0.15) is 18.3 Å². The number of hydrogen-bond donors (Lipinski definition) is 2. The van der Waals surface area contributed by atoms with E-state index in [-0.39, 0.29) is 23.3 Å². The van der Waals surface area contributed by atoms with E-state index in [1.807, 2.05) is 0 Å². The Morgan fingerprint density at radius 1 is 1.53 bits per heavy atom. The van der Waals surface area contributed by atoms with Gasteiger partial charge in [0.15, 0.2) is 11.7 Å². The first-order valence-electron chi connectivity index (χ1n) is 5.55. The minimum atomic E-state index is -4.36. The van der Waals surface area contributed by atoms with Crippen LogP contribution in [0.3, 0.4) is 0 Å². The van der Waals surface area contributed by atoms with Crippen molar-refractivity contribution in [3.05, 3.63) is 17.8 Å². The van der Waals surface area contributed by atoms with Gasteiger partial charge in [0.1, 0.15) is 6.54 Å². The lowest BCUT2D eigenvalue weighted by Crippen LogP contribution is -2.38. The predicted molar refractivity (Wildman–Crippen MR) is 61.0 cm³/mol. The number of halogens is 3. The highest BCUT2D eigenvalue weighted by Gasteiger charge is 2.40. The monoisotopic (exact) mass is 275 g/mol. The van der Waals surface area contributed by atoms with Gasteiger partial charge in [-0.1, -0.05) is 5.16 Å². The molecule has 0 aromatic carbocycles. The van der Waals surface area contributed by atoms with E-state index >= 15 is 0 Å². The van der Waals surface area contributed by atoms with Crippen LogP contribution in [0, 0.1) is 0 Å². The third-order valence-corrected chi connectivity index (χ3v) is 2.69. The van der Waals surface area contributed by atoms with Gasteiger partial charge >= 0.3 is 6.18 Å². The molecule has 0 bridgehead atoms. The summed E-state index contributed by atoms with van der Waals surface area (Å²) in [6.07, 6.45) is -1.78. The molecule has 1 aromatic heterocycles. The van der Waals surface area contributed by atoms with E-state index in [0.717, 1.165) is 4.90 Å². The molecule has 0 saturated heterocycles. The molecule has 9 heteroatoms. The van der Waals surface area contributed by atoms with Crippen LogP contribution >= 0.6 is 0 Å². The molecule has 0 aliphatic heterocycles. The third kappa shape index (κ3) is 3.24. The molecule has 19 heavy (non-hydrogen) atoms. The summed E-state index contributed by atoms with van der Waals surface area (Å²) in [4.78, 5) is 1.10. The van der Waals surface area contributed by atoms with Crippen molar-refractivity contribution in [3.8, 4) is 0 Å². The van der Waals surface area contributed by atoms with Crippen LogP contribution in [0.4, 0.5) is 19.0 Å². The molecule has 0 radical (unpaired) electrons. The molecular weight excluding hydrogens is 263 g/mol. The summed E-state index contributed by atoms with van der Waals surface area (Å²) in [7, 11) is 0. The Balaban J connectivity index is 2.37. The lowest BCUT2D eigenvalue weighted by molar-refractivity contribution is -0.120. The molecule has 1 aromatic rings. The molecule has 104 valence electrons. The average Bonchev–Trinajstić information content (AvgIpc) is 3.18. The van der Waals surface area contributed by atoms with Gasteiger partial charge in [-0.05, 0) is 18.9 Å². The number of nitrogens with zero attached hydrogens (tertiary/aromatic N) is 4. The first kappa shape index (κ1) is 13.4. The average molecular weight is 275 g/mol. The van der Waals surface area contributed by atoms with Gasteiger partial charge in [0, 0.05) is 6.04 Å². The van der Waals surface area contributed by atoms with Crippen LogP contribution in [0.15, 0.2) is 17.4 Å². The molecule has 1 heterocycles. The highest BCUT2D eigenvalue weighted by molar-refractivity contribution is 6.01. The Hall–Kier alpha value is -2.06. The van der Waals surface area contributed by atoms with Crippen molar-refractivity contribution < 1.29 is 18.4 Å². The van der Waals surface area contributed by atoms with Crippen LogP contribution in [-0.4, -0.2) is 40.0 Å². The van der Waals surface area contributed by atoms with Gasteiger partial charge in [-0.15, -0.1) is 5.10 Å². The van der Waals surface area contributed by atoms with E-state index < -0.39 is 12.7 Å². The van der Waals surface area contributed by atoms with Crippen molar-refractivity contribution in [2.24, 2.45) is 10.9 Å². The number of alkyl halides is 3. The highest BCUT2D eigenvalue weighted by atomic mass is 19.4. The molecule has 0 unspecified atom stereocenters. The molecule has 6 nitrogen and oxygen atoms in total. The second-order valence-electron chi connectivity index (χ2n) is 4.23. The number of amidine groups is 1. The number of aromatic nitrogens is 2. The van der Waals surface area contributed by atoms with Crippen LogP contribution < -0.4 is 10.6 Å². The van der Waals surface area contributed by atoms with Crippen LogP contribution in [-0.2, 0) is 0 Å². The quantitative estimate of drug-likeness (QED) is 0.372. The lowest BCUT2D eigenvalue weighted by atomic mass is 10.2. The van der Waals surface area contributed by atoms with Crippen LogP contribution in [0.2, 0.25) is 0 Å². The Bertz CT molecular complexity index is 486. The fraction of sp³-hybridized carbons (Fsp3) is 0.500. The van der Waals surface area contributed by atoms with Gasteiger partial charge < -0.3 is 15.8 Å². The Kier molecular flexibility index (Phi) is 3.45. The summed E-state index contributed by atoms with van der Waals surface area (Å²) in [6, 6.07) is 1.13. The second-order valence-corrected chi connectivity index (χ2v) is 4.23. The van der Waals surface area contributed by atoms with Crippen molar-refractivity contribution in [1.82, 2.24) is 10.2 Å². The summed E-state index contributed by atoms with van der Waals surface area (Å²) in [5, 5.41) is 18.7. The van der Waals surface area contributed by atoms with Gasteiger partial charge in [-0.25, -0.2) is 0 Å². The zero-order valence-corrected chi connectivity index (χ0v) is 9.80. The van der Waals surface area contributed by atoms with E-state index in [4.69, 9.17) is 10.9 Å². The number of oxime groups is 1. The largest absolute Gasteiger partial charge is 0.409 e. The highest BCUT2D eigenvalue weighted by Crippen LogP contribution is 2.34. The molecule has 2 rings (SSSR count). The van der Waals surface area contributed by atoms with Gasteiger partial charge in [-0.3, -0.25) is 0 Å². The normalized spacial score (nSPS) is 16.5. The van der Waals surface area contributed by atoms with Crippen LogP contribution in [0.5, 0.6) is 0 Å². The van der Waals surface area contributed by atoms with E-state index in [1.165, 1.54) is 12.3 Å². The first-order valence-corrected chi connectivity index (χ1v) is 5.55. The third-order valence-electron chi connectivity index (χ3n) is 2.69. The van der Waals surface area contributed by atoms with Gasteiger partial charge in [0.25, 0.3) is 0 Å². The summed E-state index contributed by atoms with van der Waals surface area (Å²) in [5.41, 5.74) is 5.57. The molecule has 0 atom stereocenters. The molecule has 0 amide bonds. The lowest BCUT2D eigenvalue weighted by Gasteiger charge is -2.25. The van der Waals surface area contributed by atoms with E-state index in [2.05, 4.69) is 15.4 Å². The number of anilines is 1. The van der Waals surface area contributed by atoms with E-state index in [0.29, 0.717) is 12.8 Å². The van der Waals surface area contributed by atoms with Crippen molar-refractivity contribution in [1.29, 1.82) is 0 Å². The van der Waals surface area contributed by atoms with Crippen LogP contribution in [0.1, 0.15) is 18.4 Å². The smallest absolute Gasteiger partial charge is 0.405 e. The topological polar surface area (TPSA) is 87.6 Å². The maximum Gasteiger partial charge on any atom is 0.405 e. The summed E-state index contributed by atoms with van der Waals surface area (Å²) in [6.45, 7) is -1.14. The molecule has 1 aliphatic carbocycles. The fourth-order valence-corrected chi connectivity index (χ4v) is 1.75. The zero-order chi connectivity index (χ0) is 14.0. The number of nitrogens with two attached hydrogens (primary N) is 1. The Morgan fingerprint density at radius 3 is 2.74 bits per heavy atom. The van der Waals surface area contributed by atoms with Crippen molar-refractivity contribution >= 4 is 11.7 Å². The molecule has 3 N–H and O–H groups in total. The van der Waals surface area contributed by atoms with Crippen molar-refractivity contribution in [2.75, 3.05) is 11.4 Å². The minimum absolute atomic E-state index is 0.0161. The van der Waals surface area contributed by atoms with Crippen molar-refractivity contribution in [3.63, 3.8) is 0 Å². The summed E-state index contributed by atoms with van der Waals surface area (Å²) >= 11 is 0. The van der Waals surface area contributed by atoms with Gasteiger partial charge in [0.05, 0.1) is 11.8 Å². The standard InChI is InChI=1S/C10H12F3N5O/c11-10(12,13)5-18(6-1-2-6)9-7(8(14)17-19)3-4-15-16-9/h3-4,6,19H,1-2,5H2,(H2,14,17). The van der Waals surface area contributed by atoms with Gasteiger partial charge in [0.2, 0.25) is 0 Å². The fourth-order valence-electron chi connectivity index (χ4n) is 1.75. The zero-order valence-electron chi connectivity index (χ0n) is 9.80. The Labute approximate surface area is 106 Å². The maximum absolute atomic E-state index is 12.6.